The fourth-order valence-corrected chi connectivity index (χ4v) is 5.43. The molecule has 8 aromatic rings. The number of fused-ring (bicyclic) bond motifs is 6. The summed E-state index contributed by atoms with van der Waals surface area (Å²) >= 11 is 0. The van der Waals surface area contributed by atoms with E-state index < -0.39 is 0 Å². The van der Waals surface area contributed by atoms with E-state index in [2.05, 4.69) is 60.7 Å². The minimum Gasteiger partial charge on any atom is -0.457 e. The molecular weight excluding hydrogens is 480 g/mol. The third-order valence-electron chi connectivity index (χ3n) is 7.32. The molecule has 6 aromatic carbocycles. The SMILES string of the molecule is c1cc(Oc2cccc(-c3ccc4oc5ccccc5c4c3)c2)cc(-c2ccc3oc4ccccc4c3c2)c1. The van der Waals surface area contributed by atoms with Gasteiger partial charge in [0, 0.05) is 21.5 Å². The maximum absolute atomic E-state index is 6.35. The van der Waals surface area contributed by atoms with Gasteiger partial charge >= 0.3 is 0 Å². The second-order valence-corrected chi connectivity index (χ2v) is 9.78. The Morgan fingerprint density at radius 2 is 0.769 bits per heavy atom. The maximum Gasteiger partial charge on any atom is 0.135 e. The number of hydrogen-bond acceptors (Lipinski definition) is 3. The Balaban J connectivity index is 1.12. The molecule has 8 rings (SSSR count). The molecule has 0 aliphatic rings. The van der Waals surface area contributed by atoms with Crippen molar-refractivity contribution in [3.05, 3.63) is 133 Å². The molecule has 3 heteroatoms. The summed E-state index contributed by atoms with van der Waals surface area (Å²) in [4.78, 5) is 0. The van der Waals surface area contributed by atoms with E-state index in [9.17, 15) is 0 Å². The first-order valence-corrected chi connectivity index (χ1v) is 13.0. The molecule has 0 radical (unpaired) electrons. The van der Waals surface area contributed by atoms with E-state index in [1.807, 2.05) is 72.8 Å². The molecule has 184 valence electrons. The number of furan rings is 2. The van der Waals surface area contributed by atoms with Gasteiger partial charge in [-0.2, -0.15) is 0 Å². The zero-order valence-corrected chi connectivity index (χ0v) is 20.9. The molecule has 0 spiro atoms. The molecule has 0 bridgehead atoms. The van der Waals surface area contributed by atoms with Gasteiger partial charge in [0.05, 0.1) is 0 Å². The van der Waals surface area contributed by atoms with Crippen molar-refractivity contribution in [1.82, 2.24) is 0 Å². The maximum atomic E-state index is 6.35. The van der Waals surface area contributed by atoms with Gasteiger partial charge in [-0.3, -0.25) is 0 Å². The Morgan fingerprint density at radius 1 is 0.333 bits per heavy atom. The molecule has 2 aromatic heterocycles. The molecular formula is C36H22O3. The average Bonchev–Trinajstić information content (AvgIpc) is 3.55. The Labute approximate surface area is 224 Å². The zero-order chi connectivity index (χ0) is 25.8. The zero-order valence-electron chi connectivity index (χ0n) is 20.9. The normalized spacial score (nSPS) is 11.6. The molecule has 0 saturated heterocycles. The highest BCUT2D eigenvalue weighted by Gasteiger charge is 2.11. The van der Waals surface area contributed by atoms with Gasteiger partial charge in [0.15, 0.2) is 0 Å². The smallest absolute Gasteiger partial charge is 0.135 e. The number of hydrogen-bond donors (Lipinski definition) is 0. The number of benzene rings is 6. The van der Waals surface area contributed by atoms with E-state index >= 15 is 0 Å². The van der Waals surface area contributed by atoms with E-state index in [1.165, 1.54) is 0 Å². The van der Waals surface area contributed by atoms with Crippen molar-refractivity contribution in [3.8, 4) is 33.8 Å². The third-order valence-corrected chi connectivity index (χ3v) is 7.32. The number of rotatable bonds is 4. The van der Waals surface area contributed by atoms with Crippen molar-refractivity contribution in [2.24, 2.45) is 0 Å². The molecule has 2 heterocycles. The Bertz CT molecular complexity index is 2010. The fourth-order valence-electron chi connectivity index (χ4n) is 5.43. The molecule has 0 aliphatic heterocycles. The summed E-state index contributed by atoms with van der Waals surface area (Å²) in [6.07, 6.45) is 0. The van der Waals surface area contributed by atoms with E-state index in [1.54, 1.807) is 0 Å². The molecule has 3 nitrogen and oxygen atoms in total. The van der Waals surface area contributed by atoms with Gasteiger partial charge in [-0.25, -0.2) is 0 Å². The molecule has 39 heavy (non-hydrogen) atoms. The lowest BCUT2D eigenvalue weighted by Gasteiger charge is -2.10. The first kappa shape index (κ1) is 21.8. The number of para-hydroxylation sites is 2. The summed E-state index contributed by atoms with van der Waals surface area (Å²) in [5.41, 5.74) is 8.02. The third kappa shape index (κ3) is 3.75. The minimum atomic E-state index is 0.790. The summed E-state index contributed by atoms with van der Waals surface area (Å²) in [5, 5.41) is 4.48. The van der Waals surface area contributed by atoms with Crippen LogP contribution < -0.4 is 4.74 Å². The standard InChI is InChI=1S/C36H22O3/c1-3-13-33-29(11-1)31-21-25(15-17-35(31)38-33)23-7-5-9-27(19-23)37-28-10-6-8-24(20-28)26-16-18-36-32(22-26)30-12-2-4-14-34(30)39-36/h1-22H. The summed E-state index contributed by atoms with van der Waals surface area (Å²) in [7, 11) is 0. The van der Waals surface area contributed by atoms with Gasteiger partial charge < -0.3 is 13.6 Å². The number of ether oxygens (including phenoxy) is 1. The van der Waals surface area contributed by atoms with Crippen LogP contribution in [-0.4, -0.2) is 0 Å². The quantitative estimate of drug-likeness (QED) is 0.240. The van der Waals surface area contributed by atoms with Crippen LogP contribution in [0.3, 0.4) is 0 Å². The molecule has 0 atom stereocenters. The lowest BCUT2D eigenvalue weighted by atomic mass is 10.0. The summed E-state index contributed by atoms with van der Waals surface area (Å²) < 4.78 is 18.4. The monoisotopic (exact) mass is 502 g/mol. The second kappa shape index (κ2) is 8.64. The van der Waals surface area contributed by atoms with Crippen LogP contribution in [0.1, 0.15) is 0 Å². The highest BCUT2D eigenvalue weighted by atomic mass is 16.5. The van der Waals surface area contributed by atoms with Crippen LogP contribution in [0.2, 0.25) is 0 Å². The average molecular weight is 503 g/mol. The van der Waals surface area contributed by atoms with Gasteiger partial charge in [-0.1, -0.05) is 72.8 Å². The first-order chi connectivity index (χ1) is 19.3. The van der Waals surface area contributed by atoms with Gasteiger partial charge in [-0.15, -0.1) is 0 Å². The van der Waals surface area contributed by atoms with Crippen molar-refractivity contribution in [3.63, 3.8) is 0 Å². The predicted molar refractivity (Wildman–Crippen MR) is 158 cm³/mol. The molecule has 0 fully saturated rings. The van der Waals surface area contributed by atoms with E-state index in [-0.39, 0.29) is 0 Å². The van der Waals surface area contributed by atoms with E-state index in [0.717, 1.165) is 77.6 Å². The van der Waals surface area contributed by atoms with Crippen molar-refractivity contribution in [2.45, 2.75) is 0 Å². The van der Waals surface area contributed by atoms with Crippen LogP contribution >= 0.6 is 0 Å². The van der Waals surface area contributed by atoms with Crippen LogP contribution in [0, 0.1) is 0 Å². The topological polar surface area (TPSA) is 35.5 Å². The van der Waals surface area contributed by atoms with Crippen LogP contribution in [-0.2, 0) is 0 Å². The summed E-state index contributed by atoms with van der Waals surface area (Å²) in [6.45, 7) is 0. The first-order valence-electron chi connectivity index (χ1n) is 13.0. The van der Waals surface area contributed by atoms with Crippen LogP contribution in [0.15, 0.2) is 142 Å². The Morgan fingerprint density at radius 3 is 1.28 bits per heavy atom. The van der Waals surface area contributed by atoms with Crippen LogP contribution in [0.4, 0.5) is 0 Å². The van der Waals surface area contributed by atoms with Crippen molar-refractivity contribution in [2.75, 3.05) is 0 Å². The lowest BCUT2D eigenvalue weighted by molar-refractivity contribution is 0.483. The lowest BCUT2D eigenvalue weighted by Crippen LogP contribution is -1.86. The summed E-state index contributed by atoms with van der Waals surface area (Å²) in [6, 6.07) is 45.4. The molecule has 0 amide bonds. The fraction of sp³-hybridized carbons (Fsp3) is 0. The molecule has 0 saturated carbocycles. The van der Waals surface area contributed by atoms with Crippen molar-refractivity contribution < 1.29 is 13.6 Å². The molecule has 0 N–H and O–H groups in total. The van der Waals surface area contributed by atoms with Gasteiger partial charge in [0.1, 0.15) is 33.8 Å². The van der Waals surface area contributed by atoms with E-state index in [4.69, 9.17) is 13.6 Å². The van der Waals surface area contributed by atoms with Crippen molar-refractivity contribution in [1.29, 1.82) is 0 Å². The molecule has 0 aliphatic carbocycles. The summed E-state index contributed by atoms with van der Waals surface area (Å²) in [5.74, 6) is 1.58. The Kier molecular flexibility index (Phi) is 4.82. The van der Waals surface area contributed by atoms with Gasteiger partial charge in [0.2, 0.25) is 0 Å². The van der Waals surface area contributed by atoms with Crippen LogP contribution in [0.5, 0.6) is 11.5 Å². The molecule has 0 unspecified atom stereocenters. The van der Waals surface area contributed by atoms with E-state index in [0.29, 0.717) is 0 Å². The highest BCUT2D eigenvalue weighted by Crippen LogP contribution is 2.36. The van der Waals surface area contributed by atoms with Crippen molar-refractivity contribution >= 4 is 43.9 Å². The predicted octanol–water partition coefficient (Wildman–Crippen LogP) is 10.6. The van der Waals surface area contributed by atoms with Gasteiger partial charge in [0.25, 0.3) is 0 Å². The highest BCUT2D eigenvalue weighted by molar-refractivity contribution is 6.07. The second-order valence-electron chi connectivity index (χ2n) is 9.78. The largest absolute Gasteiger partial charge is 0.457 e. The minimum absolute atomic E-state index is 0.790. The van der Waals surface area contributed by atoms with Crippen LogP contribution in [0.25, 0.3) is 66.1 Å². The van der Waals surface area contributed by atoms with Gasteiger partial charge in [-0.05, 0) is 82.9 Å². The Hall–Kier alpha value is -5.28.